The molecule has 2 nitrogen and oxygen atoms in total. The van der Waals surface area contributed by atoms with E-state index in [9.17, 15) is 13.2 Å². The lowest BCUT2D eigenvalue weighted by atomic mass is 9.90. The third-order valence-corrected chi connectivity index (χ3v) is 5.76. The molecule has 1 aliphatic heterocycles. The van der Waals surface area contributed by atoms with Crippen LogP contribution in [0, 0.1) is 23.4 Å². The zero-order valence-corrected chi connectivity index (χ0v) is 17.1. The normalized spacial score (nSPS) is 19.3. The van der Waals surface area contributed by atoms with Gasteiger partial charge in [-0.05, 0) is 48.9 Å². The van der Waals surface area contributed by atoms with Gasteiger partial charge in [-0.2, -0.15) is 4.39 Å². The van der Waals surface area contributed by atoms with E-state index in [4.69, 9.17) is 9.47 Å². The van der Waals surface area contributed by atoms with Gasteiger partial charge < -0.3 is 9.47 Å². The molecule has 3 rings (SSSR count). The van der Waals surface area contributed by atoms with Gasteiger partial charge in [-0.25, -0.2) is 8.78 Å². The number of halogens is 3. The zero-order chi connectivity index (χ0) is 20.8. The predicted octanol–water partition coefficient (Wildman–Crippen LogP) is 7.22. The summed E-state index contributed by atoms with van der Waals surface area (Å²) in [6.07, 6.45) is 7.66. The van der Waals surface area contributed by atoms with Crippen molar-refractivity contribution in [1.29, 1.82) is 0 Å². The molecule has 2 aromatic rings. The van der Waals surface area contributed by atoms with Crippen LogP contribution in [0.2, 0.25) is 0 Å². The Balaban J connectivity index is 1.66. The minimum atomic E-state index is -1.07. The first-order valence-corrected chi connectivity index (χ1v) is 10.5. The molecule has 2 atom stereocenters. The molecule has 29 heavy (non-hydrogen) atoms. The average molecular weight is 406 g/mol. The summed E-state index contributed by atoms with van der Waals surface area (Å²) in [5, 5.41) is 0. The number of hydrogen-bond acceptors (Lipinski definition) is 2. The molecule has 0 bridgehead atoms. The van der Waals surface area contributed by atoms with Gasteiger partial charge in [-0.3, -0.25) is 0 Å². The Labute approximate surface area is 171 Å². The Hall–Kier alpha value is -2.01. The van der Waals surface area contributed by atoms with Crippen LogP contribution in [-0.2, 0) is 4.74 Å². The summed E-state index contributed by atoms with van der Waals surface area (Å²) in [6.45, 7) is 2.85. The molecule has 0 aromatic heterocycles. The Kier molecular flexibility index (Phi) is 7.59. The molecule has 0 aliphatic carbocycles. The van der Waals surface area contributed by atoms with Crippen molar-refractivity contribution in [3.05, 3.63) is 53.3 Å². The summed E-state index contributed by atoms with van der Waals surface area (Å²) < 4.78 is 53.8. The van der Waals surface area contributed by atoms with E-state index in [2.05, 4.69) is 6.92 Å². The minimum Gasteiger partial charge on any atom is -0.494 e. The second kappa shape index (κ2) is 10.1. The molecule has 1 aliphatic rings. The lowest BCUT2D eigenvalue weighted by molar-refractivity contribution is -0.0215. The van der Waals surface area contributed by atoms with Crippen molar-refractivity contribution in [2.75, 3.05) is 13.7 Å². The van der Waals surface area contributed by atoms with Crippen LogP contribution in [0.15, 0.2) is 30.3 Å². The van der Waals surface area contributed by atoms with Crippen molar-refractivity contribution < 1.29 is 22.6 Å². The van der Waals surface area contributed by atoms with Crippen LogP contribution in [0.4, 0.5) is 13.2 Å². The fraction of sp³-hybridized carbons (Fsp3) is 0.500. The summed E-state index contributed by atoms with van der Waals surface area (Å²) in [7, 11) is 1.27. The van der Waals surface area contributed by atoms with Gasteiger partial charge >= 0.3 is 0 Å². The highest BCUT2D eigenvalue weighted by atomic mass is 19.2. The monoisotopic (exact) mass is 406 g/mol. The van der Waals surface area contributed by atoms with E-state index < -0.39 is 17.5 Å². The highest BCUT2D eigenvalue weighted by Gasteiger charge is 2.25. The zero-order valence-electron chi connectivity index (χ0n) is 17.1. The third-order valence-electron chi connectivity index (χ3n) is 5.76. The van der Waals surface area contributed by atoms with Crippen molar-refractivity contribution in [2.45, 2.75) is 58.0 Å². The Bertz CT molecular complexity index is 814. The van der Waals surface area contributed by atoms with Crippen LogP contribution >= 0.6 is 0 Å². The first-order valence-electron chi connectivity index (χ1n) is 10.5. The number of benzene rings is 2. The predicted molar refractivity (Wildman–Crippen MR) is 108 cm³/mol. The third kappa shape index (κ3) is 5.13. The molecule has 1 fully saturated rings. The first kappa shape index (κ1) is 21.7. The highest BCUT2D eigenvalue weighted by Crippen LogP contribution is 2.36. The molecule has 2 unspecified atom stereocenters. The second-order valence-corrected chi connectivity index (χ2v) is 7.79. The largest absolute Gasteiger partial charge is 0.494 e. The fourth-order valence-corrected chi connectivity index (χ4v) is 4.01. The summed E-state index contributed by atoms with van der Waals surface area (Å²) >= 11 is 0. The smallest absolute Gasteiger partial charge is 0.201 e. The molecule has 0 amide bonds. The maximum Gasteiger partial charge on any atom is 0.201 e. The molecule has 1 saturated heterocycles. The van der Waals surface area contributed by atoms with E-state index in [1.807, 2.05) is 0 Å². The van der Waals surface area contributed by atoms with Gasteiger partial charge in [0.15, 0.2) is 11.6 Å². The van der Waals surface area contributed by atoms with E-state index in [1.54, 1.807) is 12.1 Å². The molecule has 0 radical (unpaired) electrons. The SMILES string of the molecule is CCCCCCC1CCC(c2ccc(-c3ccc(OC)c(F)c3F)cc2F)OC1. The Morgan fingerprint density at radius 1 is 1.00 bits per heavy atom. The van der Waals surface area contributed by atoms with Crippen LogP contribution < -0.4 is 4.74 Å². The highest BCUT2D eigenvalue weighted by molar-refractivity contribution is 5.66. The molecule has 158 valence electrons. The van der Waals surface area contributed by atoms with Gasteiger partial charge in [-0.1, -0.05) is 44.7 Å². The Morgan fingerprint density at radius 3 is 2.48 bits per heavy atom. The van der Waals surface area contributed by atoms with Gasteiger partial charge in [-0.15, -0.1) is 0 Å². The van der Waals surface area contributed by atoms with Crippen LogP contribution in [0.1, 0.15) is 63.5 Å². The van der Waals surface area contributed by atoms with Crippen molar-refractivity contribution in [3.63, 3.8) is 0 Å². The summed E-state index contributed by atoms with van der Waals surface area (Å²) in [6, 6.07) is 7.22. The van der Waals surface area contributed by atoms with Gasteiger partial charge in [0.2, 0.25) is 5.82 Å². The minimum absolute atomic E-state index is 0.00505. The lowest BCUT2D eigenvalue weighted by Crippen LogP contribution is -2.21. The van der Waals surface area contributed by atoms with Gasteiger partial charge in [0, 0.05) is 11.1 Å². The molecule has 2 aromatic carbocycles. The molecular weight excluding hydrogens is 377 g/mol. The van der Waals surface area contributed by atoms with E-state index in [-0.39, 0.29) is 23.0 Å². The van der Waals surface area contributed by atoms with E-state index in [0.717, 1.165) is 19.3 Å². The van der Waals surface area contributed by atoms with Gasteiger partial charge in [0.05, 0.1) is 19.8 Å². The maximum absolute atomic E-state index is 14.8. The lowest BCUT2D eigenvalue weighted by Gasteiger charge is -2.29. The Morgan fingerprint density at radius 2 is 1.83 bits per heavy atom. The average Bonchev–Trinajstić information content (AvgIpc) is 2.74. The number of unbranched alkanes of at least 4 members (excludes halogenated alkanes) is 3. The second-order valence-electron chi connectivity index (χ2n) is 7.79. The maximum atomic E-state index is 14.8. The van der Waals surface area contributed by atoms with Crippen LogP contribution in [-0.4, -0.2) is 13.7 Å². The molecule has 5 heteroatoms. The van der Waals surface area contributed by atoms with E-state index in [1.165, 1.54) is 51.0 Å². The first-order chi connectivity index (χ1) is 14.0. The quantitative estimate of drug-likeness (QED) is 0.431. The fourth-order valence-electron chi connectivity index (χ4n) is 4.01. The van der Waals surface area contributed by atoms with Crippen LogP contribution in [0.25, 0.3) is 11.1 Å². The summed E-state index contributed by atoms with van der Waals surface area (Å²) in [5.74, 6) is -2.21. The summed E-state index contributed by atoms with van der Waals surface area (Å²) in [5.41, 5.74) is 0.771. The van der Waals surface area contributed by atoms with Crippen molar-refractivity contribution in [1.82, 2.24) is 0 Å². The standard InChI is InChI=1S/C24H29F3O2/c1-3-4-5-6-7-16-8-12-21(29-15-16)19-10-9-17(14-20(19)25)18-11-13-22(28-2)24(27)23(18)26/h9-11,13-14,16,21H,3-8,12,15H2,1-2H3. The van der Waals surface area contributed by atoms with E-state index in [0.29, 0.717) is 18.1 Å². The molecule has 0 saturated carbocycles. The van der Waals surface area contributed by atoms with Gasteiger partial charge in [0.25, 0.3) is 0 Å². The molecule has 0 N–H and O–H groups in total. The van der Waals surface area contributed by atoms with Crippen LogP contribution in [0.5, 0.6) is 5.75 Å². The number of ether oxygens (including phenoxy) is 2. The number of methoxy groups -OCH3 is 1. The van der Waals surface area contributed by atoms with Crippen LogP contribution in [0.3, 0.4) is 0 Å². The van der Waals surface area contributed by atoms with Crippen molar-refractivity contribution >= 4 is 0 Å². The molecule has 0 spiro atoms. The van der Waals surface area contributed by atoms with E-state index >= 15 is 0 Å². The van der Waals surface area contributed by atoms with Crippen molar-refractivity contribution in [3.8, 4) is 16.9 Å². The van der Waals surface area contributed by atoms with Gasteiger partial charge in [0.1, 0.15) is 5.82 Å². The topological polar surface area (TPSA) is 18.5 Å². The molecular formula is C24H29F3O2. The molecule has 1 heterocycles. The number of rotatable bonds is 8. The summed E-state index contributed by atoms with van der Waals surface area (Å²) in [4.78, 5) is 0. The van der Waals surface area contributed by atoms with Crippen molar-refractivity contribution in [2.24, 2.45) is 5.92 Å². The number of hydrogen-bond donors (Lipinski definition) is 0.